The van der Waals surface area contributed by atoms with Crippen molar-refractivity contribution in [1.29, 1.82) is 0 Å². The Morgan fingerprint density at radius 1 is 1.25 bits per heavy atom. The molecule has 1 rings (SSSR count). The first kappa shape index (κ1) is 7.74. The van der Waals surface area contributed by atoms with Crippen LogP contribution >= 0.6 is 0 Å². The summed E-state index contributed by atoms with van der Waals surface area (Å²) >= 11 is 0. The van der Waals surface area contributed by atoms with E-state index in [0.717, 1.165) is 0 Å². The van der Waals surface area contributed by atoms with Crippen molar-refractivity contribution in [2.45, 2.75) is 5.97 Å². The van der Waals surface area contributed by atoms with Gasteiger partial charge in [0.25, 0.3) is 0 Å². The molecule has 1 aliphatic heterocycles. The largest absolute Gasteiger partial charge is 0.354 e. The SMILES string of the molecule is NC1(O)N=NN=N1.[Zn]. The predicted molar refractivity (Wildman–Crippen MR) is 18.8 cm³/mol. The topological polar surface area (TPSA) is 95.7 Å². The van der Waals surface area contributed by atoms with Crippen LogP contribution in [0, 0.1) is 0 Å². The maximum Gasteiger partial charge on any atom is 0.354 e. The molecule has 0 aromatic carbocycles. The van der Waals surface area contributed by atoms with Gasteiger partial charge in [0.1, 0.15) is 0 Å². The minimum Gasteiger partial charge on any atom is -0.336 e. The molecule has 3 N–H and O–H groups in total. The molecule has 7 heteroatoms. The Hall–Kier alpha value is -0.257. The summed E-state index contributed by atoms with van der Waals surface area (Å²) in [5.74, 6) is -1.89. The van der Waals surface area contributed by atoms with E-state index in [1.807, 2.05) is 0 Å². The number of aliphatic hydroxyl groups is 1. The molecule has 1 heterocycles. The second kappa shape index (κ2) is 2.34. The zero-order valence-electron chi connectivity index (χ0n) is 4.02. The summed E-state index contributed by atoms with van der Waals surface area (Å²) in [6.07, 6.45) is 0. The molecule has 0 radical (unpaired) electrons. The van der Waals surface area contributed by atoms with Gasteiger partial charge in [0.05, 0.1) is 0 Å². The van der Waals surface area contributed by atoms with Crippen molar-refractivity contribution in [3.8, 4) is 0 Å². The van der Waals surface area contributed by atoms with Gasteiger partial charge in [-0.1, -0.05) is 10.2 Å². The van der Waals surface area contributed by atoms with Gasteiger partial charge in [-0.2, -0.15) is 0 Å². The van der Waals surface area contributed by atoms with Crippen molar-refractivity contribution in [2.24, 2.45) is 26.4 Å². The van der Waals surface area contributed by atoms with Gasteiger partial charge in [0.15, 0.2) is 0 Å². The number of hydrogen-bond donors (Lipinski definition) is 2. The third-order valence-corrected chi connectivity index (χ3v) is 0.424. The van der Waals surface area contributed by atoms with E-state index in [1.54, 1.807) is 0 Å². The fraction of sp³-hybridized carbons (Fsp3) is 1.00. The first-order valence-corrected chi connectivity index (χ1v) is 1.56. The molecule has 0 aromatic rings. The second-order valence-electron chi connectivity index (χ2n) is 1.07. The van der Waals surface area contributed by atoms with Gasteiger partial charge in [-0.25, -0.2) is 0 Å². The average Bonchev–Trinajstić information content (AvgIpc) is 1.84. The third kappa shape index (κ3) is 1.69. The number of nitrogens with zero attached hydrogens (tertiary/aromatic N) is 4. The van der Waals surface area contributed by atoms with Gasteiger partial charge in [-0.3, -0.25) is 5.73 Å². The standard InChI is InChI=1S/CH3N5O.Zn/c2-1(7)3-5-6-4-1;/h7H,2H2;. The molecule has 8 heavy (non-hydrogen) atoms. The fourth-order valence-corrected chi connectivity index (χ4v) is 0.192. The average molecular weight is 166 g/mol. The Morgan fingerprint density at radius 2 is 1.62 bits per heavy atom. The van der Waals surface area contributed by atoms with Crippen molar-refractivity contribution in [3.63, 3.8) is 0 Å². The van der Waals surface area contributed by atoms with Crippen molar-refractivity contribution in [2.75, 3.05) is 0 Å². The Morgan fingerprint density at radius 3 is 1.75 bits per heavy atom. The molecule has 0 saturated carbocycles. The molecule has 0 saturated heterocycles. The van der Waals surface area contributed by atoms with Crippen LogP contribution in [0.15, 0.2) is 20.7 Å². The summed E-state index contributed by atoms with van der Waals surface area (Å²) in [5.41, 5.74) is 4.81. The maximum atomic E-state index is 8.45. The molecule has 0 bridgehead atoms. The van der Waals surface area contributed by atoms with Crippen LogP contribution in [-0.2, 0) is 19.5 Å². The van der Waals surface area contributed by atoms with E-state index in [1.165, 1.54) is 0 Å². The van der Waals surface area contributed by atoms with Crippen molar-refractivity contribution in [3.05, 3.63) is 0 Å². The number of nitrogens with two attached hydrogens (primary N) is 1. The van der Waals surface area contributed by atoms with Gasteiger partial charge in [-0.05, 0) is 10.4 Å². The Bertz CT molecular complexity index is 114. The van der Waals surface area contributed by atoms with E-state index in [4.69, 9.17) is 10.8 Å². The normalized spacial score (nSPS) is 20.8. The molecule has 6 nitrogen and oxygen atoms in total. The third-order valence-electron chi connectivity index (χ3n) is 0.424. The van der Waals surface area contributed by atoms with Crippen LogP contribution in [0.3, 0.4) is 0 Å². The molecule has 0 unspecified atom stereocenters. The van der Waals surface area contributed by atoms with Crippen LogP contribution in [-0.4, -0.2) is 11.1 Å². The van der Waals surface area contributed by atoms with E-state index in [2.05, 4.69) is 20.7 Å². The summed E-state index contributed by atoms with van der Waals surface area (Å²) in [7, 11) is 0. The molecule has 0 atom stereocenters. The molecule has 0 fully saturated rings. The first-order valence-electron chi connectivity index (χ1n) is 1.56. The van der Waals surface area contributed by atoms with Gasteiger partial charge in [0, 0.05) is 19.5 Å². The molecular weight excluding hydrogens is 163 g/mol. The van der Waals surface area contributed by atoms with Gasteiger partial charge >= 0.3 is 5.97 Å². The molecule has 0 spiro atoms. The van der Waals surface area contributed by atoms with E-state index in [-0.39, 0.29) is 19.5 Å². The van der Waals surface area contributed by atoms with Crippen LogP contribution in [0.25, 0.3) is 0 Å². The van der Waals surface area contributed by atoms with Gasteiger partial charge in [0.2, 0.25) is 0 Å². The fourth-order valence-electron chi connectivity index (χ4n) is 0.192. The zero-order valence-corrected chi connectivity index (χ0v) is 6.99. The quantitative estimate of drug-likeness (QED) is 0.370. The first-order chi connectivity index (χ1) is 3.21. The predicted octanol–water partition coefficient (Wildman–Crippen LogP) is -0.621. The number of hydrogen-bond acceptors (Lipinski definition) is 6. The van der Waals surface area contributed by atoms with Crippen LogP contribution in [0.4, 0.5) is 0 Å². The summed E-state index contributed by atoms with van der Waals surface area (Å²) in [6, 6.07) is 0. The molecule has 0 aliphatic carbocycles. The van der Waals surface area contributed by atoms with E-state index < -0.39 is 5.97 Å². The summed E-state index contributed by atoms with van der Waals surface area (Å²) < 4.78 is 0. The Labute approximate surface area is 57.6 Å². The summed E-state index contributed by atoms with van der Waals surface area (Å²) in [5, 5.41) is 20.3. The molecule has 40 valence electrons. The Balaban J connectivity index is 0.000000490. The van der Waals surface area contributed by atoms with Gasteiger partial charge in [-0.15, -0.1) is 0 Å². The number of rotatable bonds is 0. The molecule has 0 aromatic heterocycles. The van der Waals surface area contributed by atoms with E-state index >= 15 is 0 Å². The Kier molecular flexibility index (Phi) is 2.27. The van der Waals surface area contributed by atoms with E-state index in [0.29, 0.717) is 0 Å². The van der Waals surface area contributed by atoms with Crippen molar-refractivity contribution >= 4 is 0 Å². The zero-order chi connectivity index (χ0) is 5.33. The minimum atomic E-state index is -1.89. The smallest absolute Gasteiger partial charge is 0.336 e. The van der Waals surface area contributed by atoms with Crippen LogP contribution < -0.4 is 5.73 Å². The van der Waals surface area contributed by atoms with E-state index in [9.17, 15) is 0 Å². The van der Waals surface area contributed by atoms with Crippen LogP contribution in [0.5, 0.6) is 0 Å². The van der Waals surface area contributed by atoms with Crippen molar-refractivity contribution in [1.82, 2.24) is 0 Å². The molecule has 1 aliphatic rings. The van der Waals surface area contributed by atoms with Crippen molar-refractivity contribution < 1.29 is 24.6 Å². The summed E-state index contributed by atoms with van der Waals surface area (Å²) in [6.45, 7) is 0. The van der Waals surface area contributed by atoms with Crippen LogP contribution in [0.2, 0.25) is 0 Å². The van der Waals surface area contributed by atoms with Crippen LogP contribution in [0.1, 0.15) is 0 Å². The maximum absolute atomic E-state index is 8.45. The second-order valence-corrected chi connectivity index (χ2v) is 1.07. The van der Waals surface area contributed by atoms with Gasteiger partial charge < -0.3 is 5.11 Å². The minimum absolute atomic E-state index is 0. The molecule has 0 amide bonds. The summed E-state index contributed by atoms with van der Waals surface area (Å²) in [4.78, 5) is 0. The molecular formula is CH3N5OZn. The monoisotopic (exact) mass is 165 g/mol.